The number of nitrogens with zero attached hydrogens (tertiary/aromatic N) is 1. The molecule has 180 valence electrons. The van der Waals surface area contributed by atoms with Gasteiger partial charge in [0.15, 0.2) is 0 Å². The van der Waals surface area contributed by atoms with Gasteiger partial charge in [-0.05, 0) is 55.9 Å². The Morgan fingerprint density at radius 3 is 2.21 bits per heavy atom. The summed E-state index contributed by atoms with van der Waals surface area (Å²) in [6, 6.07) is 16.2. The first kappa shape index (κ1) is 23.8. The lowest BCUT2D eigenvalue weighted by Crippen LogP contribution is -2.51. The normalized spacial score (nSPS) is 19.8. The minimum Gasteiger partial charge on any atom is -0.481 e. The summed E-state index contributed by atoms with van der Waals surface area (Å²) >= 11 is 0. The number of benzene rings is 2. The first-order valence-corrected chi connectivity index (χ1v) is 11.8. The molecular weight excluding hydrogens is 432 g/mol. The highest BCUT2D eigenvalue weighted by Gasteiger charge is 2.35. The second kappa shape index (κ2) is 9.49. The third-order valence-electron chi connectivity index (χ3n) is 6.92. The van der Waals surface area contributed by atoms with Gasteiger partial charge >= 0.3 is 12.1 Å². The van der Waals surface area contributed by atoms with Crippen molar-refractivity contribution in [3.8, 4) is 11.1 Å². The van der Waals surface area contributed by atoms with Crippen molar-refractivity contribution in [1.29, 1.82) is 0 Å². The maximum absolute atomic E-state index is 12.9. The average Bonchev–Trinajstić information content (AvgIpc) is 3.10. The number of fused-ring (bicyclic) bond motifs is 3. The third kappa shape index (κ3) is 4.93. The molecule has 1 heterocycles. The number of rotatable bonds is 6. The molecular formula is C27H32N2O5. The van der Waals surface area contributed by atoms with E-state index in [2.05, 4.69) is 29.6 Å². The Labute approximate surface area is 200 Å². The number of carboxylic acid groups (broad SMARTS) is 1. The van der Waals surface area contributed by atoms with E-state index in [1.807, 2.05) is 31.2 Å². The van der Waals surface area contributed by atoms with Gasteiger partial charge in [0.1, 0.15) is 6.61 Å². The molecule has 1 fully saturated rings. The van der Waals surface area contributed by atoms with E-state index in [0.29, 0.717) is 19.4 Å². The molecule has 1 aliphatic carbocycles. The van der Waals surface area contributed by atoms with E-state index in [4.69, 9.17) is 4.74 Å². The fraction of sp³-hybridized carbons (Fsp3) is 0.444. The number of likely N-dealkylation sites (tertiary alicyclic amines) is 1. The average molecular weight is 465 g/mol. The number of amides is 2. The lowest BCUT2D eigenvalue weighted by molar-refractivity contribution is -0.147. The maximum Gasteiger partial charge on any atom is 0.407 e. The number of piperidine rings is 1. The largest absolute Gasteiger partial charge is 0.481 e. The summed E-state index contributed by atoms with van der Waals surface area (Å²) in [5.74, 6) is -1.35. The molecule has 2 aliphatic rings. The minimum absolute atomic E-state index is 0.0284. The smallest absolute Gasteiger partial charge is 0.407 e. The van der Waals surface area contributed by atoms with Crippen molar-refractivity contribution in [2.24, 2.45) is 5.92 Å². The molecule has 2 atom stereocenters. The number of aliphatic carboxylic acids is 1. The van der Waals surface area contributed by atoms with E-state index in [1.165, 1.54) is 11.1 Å². The standard InChI is InChI=1S/C27H32N2O5/c1-17-14-18(25(31)32)12-13-29(17)24(30)15-27(2,3)28-26(33)34-16-23-21-10-6-4-8-19(21)20-9-5-7-11-22(20)23/h4-11,17-18,23H,12-16H2,1-3H3,(H,28,33)(H,31,32). The third-order valence-corrected chi connectivity index (χ3v) is 6.92. The molecule has 1 aliphatic heterocycles. The predicted molar refractivity (Wildman–Crippen MR) is 128 cm³/mol. The summed E-state index contributed by atoms with van der Waals surface area (Å²) in [6.45, 7) is 6.09. The number of hydrogen-bond acceptors (Lipinski definition) is 4. The quantitative estimate of drug-likeness (QED) is 0.660. The highest BCUT2D eigenvalue weighted by Crippen LogP contribution is 2.44. The van der Waals surface area contributed by atoms with E-state index >= 15 is 0 Å². The van der Waals surface area contributed by atoms with E-state index in [-0.39, 0.29) is 30.9 Å². The van der Waals surface area contributed by atoms with Gasteiger partial charge in [-0.1, -0.05) is 48.5 Å². The van der Waals surface area contributed by atoms with Crippen LogP contribution in [0, 0.1) is 5.92 Å². The van der Waals surface area contributed by atoms with Gasteiger partial charge in [-0.15, -0.1) is 0 Å². The van der Waals surface area contributed by atoms with Crippen molar-refractivity contribution >= 4 is 18.0 Å². The van der Waals surface area contributed by atoms with E-state index in [0.717, 1.165) is 11.1 Å². The molecule has 2 amide bonds. The molecule has 2 unspecified atom stereocenters. The topological polar surface area (TPSA) is 95.9 Å². The Kier molecular flexibility index (Phi) is 6.64. The summed E-state index contributed by atoms with van der Waals surface area (Å²) in [5.41, 5.74) is 3.82. The molecule has 1 saturated heterocycles. The van der Waals surface area contributed by atoms with Crippen molar-refractivity contribution in [3.05, 3.63) is 59.7 Å². The predicted octanol–water partition coefficient (Wildman–Crippen LogP) is 4.41. The van der Waals surface area contributed by atoms with Gasteiger partial charge in [0.2, 0.25) is 5.91 Å². The molecule has 2 N–H and O–H groups in total. The summed E-state index contributed by atoms with van der Waals surface area (Å²) in [6.07, 6.45) is 0.448. The zero-order valence-electron chi connectivity index (χ0n) is 19.9. The van der Waals surface area contributed by atoms with E-state index in [9.17, 15) is 19.5 Å². The van der Waals surface area contributed by atoms with Crippen LogP contribution < -0.4 is 5.32 Å². The van der Waals surface area contributed by atoms with Crippen LogP contribution in [0.5, 0.6) is 0 Å². The highest BCUT2D eigenvalue weighted by molar-refractivity contribution is 5.80. The summed E-state index contributed by atoms with van der Waals surface area (Å²) in [4.78, 5) is 38.5. The van der Waals surface area contributed by atoms with Gasteiger partial charge in [-0.2, -0.15) is 0 Å². The molecule has 2 aromatic rings. The lowest BCUT2D eigenvalue weighted by Gasteiger charge is -2.38. The zero-order valence-corrected chi connectivity index (χ0v) is 19.9. The van der Waals surface area contributed by atoms with E-state index < -0.39 is 23.5 Å². The van der Waals surface area contributed by atoms with Crippen LogP contribution in [0.25, 0.3) is 11.1 Å². The molecule has 7 nitrogen and oxygen atoms in total. The molecule has 7 heteroatoms. The number of carbonyl (C=O) groups excluding carboxylic acids is 2. The van der Waals surface area contributed by atoms with Crippen LogP contribution in [0.3, 0.4) is 0 Å². The summed E-state index contributed by atoms with van der Waals surface area (Å²) in [5, 5.41) is 12.1. The zero-order chi connectivity index (χ0) is 24.5. The van der Waals surface area contributed by atoms with Gasteiger partial charge in [0, 0.05) is 30.5 Å². The van der Waals surface area contributed by atoms with E-state index in [1.54, 1.807) is 18.7 Å². The Hall–Kier alpha value is -3.35. The van der Waals surface area contributed by atoms with Gasteiger partial charge in [0.05, 0.1) is 5.92 Å². The maximum atomic E-state index is 12.9. The van der Waals surface area contributed by atoms with Gasteiger partial charge < -0.3 is 20.1 Å². The molecule has 34 heavy (non-hydrogen) atoms. The Morgan fingerprint density at radius 1 is 1.06 bits per heavy atom. The van der Waals surface area contributed by atoms with Crippen LogP contribution >= 0.6 is 0 Å². The van der Waals surface area contributed by atoms with Crippen molar-refractivity contribution < 1.29 is 24.2 Å². The highest BCUT2D eigenvalue weighted by atomic mass is 16.5. The molecule has 0 saturated carbocycles. The second-order valence-electron chi connectivity index (χ2n) is 10.0. The first-order chi connectivity index (χ1) is 16.2. The number of hydrogen-bond donors (Lipinski definition) is 2. The van der Waals surface area contributed by atoms with Crippen LogP contribution in [-0.2, 0) is 14.3 Å². The summed E-state index contributed by atoms with van der Waals surface area (Å²) in [7, 11) is 0. The Bertz CT molecular complexity index is 1050. The molecule has 4 rings (SSSR count). The van der Waals surface area contributed by atoms with Gasteiger partial charge in [-0.25, -0.2) is 4.79 Å². The number of alkyl carbamates (subject to hydrolysis) is 1. The van der Waals surface area contributed by atoms with Crippen LogP contribution in [-0.4, -0.2) is 52.7 Å². The van der Waals surface area contributed by atoms with Crippen molar-refractivity contribution in [2.75, 3.05) is 13.2 Å². The van der Waals surface area contributed by atoms with Crippen molar-refractivity contribution in [2.45, 2.75) is 57.5 Å². The Morgan fingerprint density at radius 2 is 1.65 bits per heavy atom. The molecule has 0 radical (unpaired) electrons. The molecule has 0 bridgehead atoms. The van der Waals surface area contributed by atoms with Crippen molar-refractivity contribution in [1.82, 2.24) is 10.2 Å². The molecule has 0 spiro atoms. The first-order valence-electron chi connectivity index (χ1n) is 11.8. The van der Waals surface area contributed by atoms with Gasteiger partial charge in [-0.3, -0.25) is 9.59 Å². The fourth-order valence-electron chi connectivity index (χ4n) is 5.20. The number of ether oxygens (including phenoxy) is 1. The van der Waals surface area contributed by atoms with Crippen LogP contribution in [0.15, 0.2) is 48.5 Å². The molecule has 0 aromatic heterocycles. The number of nitrogens with one attached hydrogen (secondary N) is 1. The van der Waals surface area contributed by atoms with Gasteiger partial charge in [0.25, 0.3) is 0 Å². The van der Waals surface area contributed by atoms with Crippen LogP contribution in [0.4, 0.5) is 4.79 Å². The number of carboxylic acids is 1. The fourth-order valence-corrected chi connectivity index (χ4v) is 5.20. The monoisotopic (exact) mass is 464 g/mol. The van der Waals surface area contributed by atoms with Crippen LogP contribution in [0.2, 0.25) is 0 Å². The minimum atomic E-state index is -0.809. The van der Waals surface area contributed by atoms with Crippen LogP contribution in [0.1, 0.15) is 57.1 Å². The molecule has 2 aromatic carbocycles. The lowest BCUT2D eigenvalue weighted by atomic mass is 9.90. The SMILES string of the molecule is CC1CC(C(=O)O)CCN1C(=O)CC(C)(C)NC(=O)OCC1c2ccccc2-c2ccccc21. The summed E-state index contributed by atoms with van der Waals surface area (Å²) < 4.78 is 5.62. The van der Waals surface area contributed by atoms with Crippen molar-refractivity contribution in [3.63, 3.8) is 0 Å². The second-order valence-corrected chi connectivity index (χ2v) is 10.0. The Balaban J connectivity index is 1.33. The number of carbonyl (C=O) groups is 3.